The maximum absolute atomic E-state index is 11.2. The molecule has 5 heteroatoms. The third-order valence-corrected chi connectivity index (χ3v) is 3.66. The first-order valence-corrected chi connectivity index (χ1v) is 6.04. The van der Waals surface area contributed by atoms with Gasteiger partial charge in [0.05, 0.1) is 5.69 Å². The summed E-state index contributed by atoms with van der Waals surface area (Å²) in [6.45, 7) is 3.83. The number of aromatic carboxylic acids is 1. The molecule has 1 atom stereocenters. The summed E-state index contributed by atoms with van der Waals surface area (Å²) in [5.74, 6) is 0.361. The maximum atomic E-state index is 11.2. The molecule has 1 heterocycles. The van der Waals surface area contributed by atoms with E-state index in [9.17, 15) is 9.90 Å². The van der Waals surface area contributed by atoms with E-state index in [0.29, 0.717) is 29.0 Å². The van der Waals surface area contributed by atoms with Crippen molar-refractivity contribution in [3.05, 3.63) is 11.3 Å². The van der Waals surface area contributed by atoms with Crippen LogP contribution < -0.4 is 5.32 Å². The molecule has 1 aliphatic rings. The summed E-state index contributed by atoms with van der Waals surface area (Å²) in [5.41, 5.74) is 0.849. The molecule has 1 fully saturated rings. The molecule has 1 aliphatic carbocycles. The van der Waals surface area contributed by atoms with Gasteiger partial charge in [-0.1, -0.05) is 6.42 Å². The topological polar surface area (TPSA) is 67.2 Å². The summed E-state index contributed by atoms with van der Waals surface area (Å²) in [5, 5.41) is 16.7. The van der Waals surface area contributed by atoms with Crippen molar-refractivity contribution in [2.24, 2.45) is 13.0 Å². The molecule has 2 N–H and O–H groups in total. The van der Waals surface area contributed by atoms with E-state index in [4.69, 9.17) is 0 Å². The van der Waals surface area contributed by atoms with Gasteiger partial charge in [0.1, 0.15) is 11.4 Å². The van der Waals surface area contributed by atoms with Gasteiger partial charge < -0.3 is 10.4 Å². The van der Waals surface area contributed by atoms with Crippen molar-refractivity contribution in [3.8, 4) is 0 Å². The van der Waals surface area contributed by atoms with E-state index in [2.05, 4.69) is 17.3 Å². The Bertz CT molecular complexity index is 435. The normalized spacial score (nSPS) is 17.6. The SMILES string of the molecule is Cc1nn(C)c(NC(C)C2CCC2)c1C(=O)O. The molecule has 0 amide bonds. The molecular formula is C12H19N3O2. The van der Waals surface area contributed by atoms with Gasteiger partial charge in [-0.05, 0) is 32.6 Å². The zero-order valence-electron chi connectivity index (χ0n) is 10.5. The fourth-order valence-electron chi connectivity index (χ4n) is 2.35. The molecule has 2 rings (SSSR count). The van der Waals surface area contributed by atoms with Gasteiger partial charge in [0.25, 0.3) is 0 Å². The van der Waals surface area contributed by atoms with Crippen molar-refractivity contribution in [2.75, 3.05) is 5.32 Å². The minimum absolute atomic E-state index is 0.290. The van der Waals surface area contributed by atoms with E-state index in [0.717, 1.165) is 0 Å². The van der Waals surface area contributed by atoms with Crippen LogP contribution in [0.5, 0.6) is 0 Å². The number of nitrogens with zero attached hydrogens (tertiary/aromatic N) is 2. The number of carboxylic acid groups (broad SMARTS) is 1. The molecule has 0 bridgehead atoms. The smallest absolute Gasteiger partial charge is 0.341 e. The third-order valence-electron chi connectivity index (χ3n) is 3.66. The molecule has 1 unspecified atom stereocenters. The summed E-state index contributed by atoms with van der Waals surface area (Å²) in [6, 6.07) is 0.302. The molecule has 1 aromatic heterocycles. The van der Waals surface area contributed by atoms with E-state index in [-0.39, 0.29) is 0 Å². The Morgan fingerprint density at radius 1 is 1.59 bits per heavy atom. The van der Waals surface area contributed by atoms with Crippen LogP contribution in [0.3, 0.4) is 0 Å². The lowest BCUT2D eigenvalue weighted by Crippen LogP contribution is -2.32. The fourth-order valence-corrected chi connectivity index (χ4v) is 2.35. The molecule has 5 nitrogen and oxygen atoms in total. The highest BCUT2D eigenvalue weighted by atomic mass is 16.4. The van der Waals surface area contributed by atoms with Gasteiger partial charge in [0.2, 0.25) is 0 Å². The predicted octanol–water partition coefficient (Wildman–Crippen LogP) is 2.03. The van der Waals surface area contributed by atoms with E-state index < -0.39 is 5.97 Å². The monoisotopic (exact) mass is 237 g/mol. The molecule has 1 aromatic rings. The highest BCUT2D eigenvalue weighted by molar-refractivity contribution is 5.94. The molecule has 94 valence electrons. The lowest BCUT2D eigenvalue weighted by atomic mass is 9.80. The first kappa shape index (κ1) is 12.0. The van der Waals surface area contributed by atoms with Gasteiger partial charge in [-0.15, -0.1) is 0 Å². The van der Waals surface area contributed by atoms with Crippen LogP contribution in [0.15, 0.2) is 0 Å². The number of nitrogens with one attached hydrogen (secondary N) is 1. The van der Waals surface area contributed by atoms with Crippen LogP contribution in [0.4, 0.5) is 5.82 Å². The van der Waals surface area contributed by atoms with Crippen molar-refractivity contribution in [2.45, 2.75) is 39.2 Å². The summed E-state index contributed by atoms with van der Waals surface area (Å²) >= 11 is 0. The predicted molar refractivity (Wildman–Crippen MR) is 65.3 cm³/mol. The quantitative estimate of drug-likeness (QED) is 0.840. The molecular weight excluding hydrogens is 218 g/mol. The Kier molecular flexibility index (Phi) is 3.09. The van der Waals surface area contributed by atoms with Crippen LogP contribution in [-0.4, -0.2) is 26.9 Å². The Labute approximate surface area is 101 Å². The number of carbonyl (C=O) groups is 1. The Balaban J connectivity index is 2.21. The van der Waals surface area contributed by atoms with Gasteiger partial charge in [-0.25, -0.2) is 4.79 Å². The van der Waals surface area contributed by atoms with Gasteiger partial charge >= 0.3 is 5.97 Å². The number of hydrogen-bond acceptors (Lipinski definition) is 3. The number of carboxylic acids is 1. The lowest BCUT2D eigenvalue weighted by molar-refractivity contribution is 0.0697. The van der Waals surface area contributed by atoms with Crippen LogP contribution in [0.1, 0.15) is 42.2 Å². The number of rotatable bonds is 4. The van der Waals surface area contributed by atoms with Crippen molar-refractivity contribution in [1.82, 2.24) is 9.78 Å². The average molecular weight is 237 g/mol. The van der Waals surface area contributed by atoms with E-state index in [1.54, 1.807) is 18.7 Å². The highest BCUT2D eigenvalue weighted by Gasteiger charge is 2.27. The van der Waals surface area contributed by atoms with E-state index in [1.807, 2.05) is 0 Å². The number of anilines is 1. The Hall–Kier alpha value is -1.52. The van der Waals surface area contributed by atoms with Crippen molar-refractivity contribution >= 4 is 11.8 Å². The van der Waals surface area contributed by atoms with Gasteiger partial charge in [0, 0.05) is 13.1 Å². The van der Waals surface area contributed by atoms with Gasteiger partial charge in [0.15, 0.2) is 0 Å². The van der Waals surface area contributed by atoms with Crippen LogP contribution in [0.2, 0.25) is 0 Å². The standard InChI is InChI=1S/C12H19N3O2/c1-7(9-5-4-6-9)13-11-10(12(16)17)8(2)14-15(11)3/h7,9,13H,4-6H2,1-3H3,(H,16,17). The van der Waals surface area contributed by atoms with E-state index >= 15 is 0 Å². The highest BCUT2D eigenvalue weighted by Crippen LogP contribution is 2.31. The summed E-state index contributed by atoms with van der Waals surface area (Å²) < 4.78 is 1.62. The average Bonchev–Trinajstić information content (AvgIpc) is 2.38. The van der Waals surface area contributed by atoms with Gasteiger partial charge in [-0.2, -0.15) is 5.10 Å². The fraction of sp³-hybridized carbons (Fsp3) is 0.667. The molecule has 1 saturated carbocycles. The molecule has 0 spiro atoms. The molecule has 17 heavy (non-hydrogen) atoms. The Morgan fingerprint density at radius 3 is 2.71 bits per heavy atom. The maximum Gasteiger partial charge on any atom is 0.341 e. The van der Waals surface area contributed by atoms with Gasteiger partial charge in [-0.3, -0.25) is 4.68 Å². The first-order valence-electron chi connectivity index (χ1n) is 6.04. The lowest BCUT2D eigenvalue weighted by Gasteiger charge is -2.32. The third kappa shape index (κ3) is 2.14. The molecule has 0 saturated heterocycles. The zero-order chi connectivity index (χ0) is 12.6. The number of aryl methyl sites for hydroxylation is 2. The second-order valence-electron chi connectivity index (χ2n) is 4.86. The van der Waals surface area contributed by atoms with Crippen LogP contribution >= 0.6 is 0 Å². The molecule has 0 aromatic carbocycles. The molecule has 0 aliphatic heterocycles. The number of aromatic nitrogens is 2. The Morgan fingerprint density at radius 2 is 2.24 bits per heavy atom. The van der Waals surface area contributed by atoms with Crippen LogP contribution in [0.25, 0.3) is 0 Å². The van der Waals surface area contributed by atoms with Crippen molar-refractivity contribution in [3.63, 3.8) is 0 Å². The largest absolute Gasteiger partial charge is 0.477 e. The molecule has 0 radical (unpaired) electrons. The second-order valence-corrected chi connectivity index (χ2v) is 4.86. The minimum atomic E-state index is -0.918. The second kappa shape index (κ2) is 4.39. The minimum Gasteiger partial charge on any atom is -0.477 e. The summed E-state index contributed by atoms with van der Waals surface area (Å²) in [7, 11) is 1.77. The summed E-state index contributed by atoms with van der Waals surface area (Å²) in [4.78, 5) is 11.2. The van der Waals surface area contributed by atoms with Crippen LogP contribution in [-0.2, 0) is 7.05 Å². The van der Waals surface area contributed by atoms with E-state index in [1.165, 1.54) is 19.3 Å². The first-order chi connectivity index (χ1) is 8.00. The van der Waals surface area contributed by atoms with Crippen molar-refractivity contribution < 1.29 is 9.90 Å². The van der Waals surface area contributed by atoms with Crippen molar-refractivity contribution in [1.29, 1.82) is 0 Å². The van der Waals surface area contributed by atoms with Crippen LogP contribution in [0, 0.1) is 12.8 Å². The summed E-state index contributed by atoms with van der Waals surface area (Å²) in [6.07, 6.45) is 3.74. The zero-order valence-corrected chi connectivity index (χ0v) is 10.5. The number of hydrogen-bond donors (Lipinski definition) is 2.